The van der Waals surface area contributed by atoms with Gasteiger partial charge in [-0.05, 0) is 77.2 Å². The molecular weight excluding hydrogens is 567 g/mol. The van der Waals surface area contributed by atoms with Crippen LogP contribution < -0.4 is 9.47 Å². The number of ether oxygens (including phenoxy) is 2. The van der Waals surface area contributed by atoms with Gasteiger partial charge in [0.15, 0.2) is 11.5 Å². The number of hydrazone groups is 1. The summed E-state index contributed by atoms with van der Waals surface area (Å²) in [5.74, 6) is 0.321. The van der Waals surface area contributed by atoms with Crippen LogP contribution in [-0.2, 0) is 6.61 Å². The van der Waals surface area contributed by atoms with E-state index in [1.165, 1.54) is 11.8 Å². The minimum Gasteiger partial charge on any atom is -0.490 e. The SMILES string of the molecule is CCOc1cc(/C=N\N2C(=O)c3cccc4cccc(c34)C2=O)cc(I)c1OCc1ccc(C)cc1. The van der Waals surface area contributed by atoms with Crippen LogP contribution in [-0.4, -0.2) is 29.6 Å². The Morgan fingerprint density at radius 2 is 1.58 bits per heavy atom. The minimum absolute atomic E-state index is 0.408. The molecule has 4 aromatic rings. The van der Waals surface area contributed by atoms with E-state index in [0.29, 0.717) is 46.8 Å². The lowest BCUT2D eigenvalue weighted by atomic mass is 9.95. The second kappa shape index (κ2) is 10.1. The standard InChI is InChI=1S/C29H23IN2O4/c1-3-35-25-15-20(14-24(30)27(25)36-17-19-12-10-18(2)11-13-19)16-31-32-28(33)22-8-4-6-21-7-5-9-23(26(21)22)29(32)34/h4-16H,3,17H2,1-2H3/b31-16-. The van der Waals surface area contributed by atoms with Crippen LogP contribution in [0.2, 0.25) is 0 Å². The first-order valence-electron chi connectivity index (χ1n) is 11.6. The first-order valence-corrected chi connectivity index (χ1v) is 12.6. The predicted octanol–water partition coefficient (Wildman–Crippen LogP) is 6.36. The fraction of sp³-hybridized carbons (Fsp3) is 0.138. The molecule has 0 radical (unpaired) electrons. The molecule has 2 amide bonds. The van der Waals surface area contributed by atoms with Gasteiger partial charge in [-0.1, -0.05) is 54.1 Å². The molecule has 1 heterocycles. The van der Waals surface area contributed by atoms with Crippen molar-refractivity contribution in [1.29, 1.82) is 0 Å². The number of hydrogen-bond acceptors (Lipinski definition) is 5. The molecule has 0 bridgehead atoms. The molecule has 0 aliphatic carbocycles. The van der Waals surface area contributed by atoms with Crippen LogP contribution >= 0.6 is 22.6 Å². The maximum Gasteiger partial charge on any atom is 0.282 e. The lowest BCUT2D eigenvalue weighted by Crippen LogP contribution is -2.36. The number of imide groups is 1. The summed E-state index contributed by atoms with van der Waals surface area (Å²) >= 11 is 2.19. The van der Waals surface area contributed by atoms with Crippen LogP contribution in [0, 0.1) is 10.5 Å². The number of carbonyl (C=O) groups excluding carboxylic acids is 2. The first kappa shape index (κ1) is 24.0. The zero-order valence-electron chi connectivity index (χ0n) is 19.8. The molecule has 0 aromatic heterocycles. The fourth-order valence-electron chi connectivity index (χ4n) is 4.15. The Morgan fingerprint density at radius 1 is 0.917 bits per heavy atom. The summed E-state index contributed by atoms with van der Waals surface area (Å²) in [6.45, 7) is 4.82. The Morgan fingerprint density at radius 3 is 2.22 bits per heavy atom. The molecular formula is C29H23IN2O4. The van der Waals surface area contributed by atoms with Gasteiger partial charge in [0, 0.05) is 5.39 Å². The van der Waals surface area contributed by atoms with Gasteiger partial charge in [-0.2, -0.15) is 10.1 Å². The summed E-state index contributed by atoms with van der Waals surface area (Å²) in [6, 6.07) is 22.7. The van der Waals surface area contributed by atoms with E-state index in [9.17, 15) is 9.59 Å². The van der Waals surface area contributed by atoms with Gasteiger partial charge >= 0.3 is 0 Å². The van der Waals surface area contributed by atoms with E-state index in [0.717, 1.165) is 19.5 Å². The van der Waals surface area contributed by atoms with Gasteiger partial charge in [-0.15, -0.1) is 0 Å². The molecule has 0 saturated carbocycles. The molecule has 36 heavy (non-hydrogen) atoms. The van der Waals surface area contributed by atoms with Crippen LogP contribution in [0.25, 0.3) is 10.8 Å². The number of amides is 2. The highest BCUT2D eigenvalue weighted by Crippen LogP contribution is 2.35. The third-order valence-corrected chi connectivity index (χ3v) is 6.71. The second-order valence-electron chi connectivity index (χ2n) is 8.41. The number of hydrogen-bond donors (Lipinski definition) is 0. The van der Waals surface area contributed by atoms with E-state index in [1.807, 2.05) is 56.3 Å². The molecule has 180 valence electrons. The predicted molar refractivity (Wildman–Crippen MR) is 148 cm³/mol. The molecule has 0 N–H and O–H groups in total. The number of nitrogens with zero attached hydrogens (tertiary/aromatic N) is 2. The van der Waals surface area contributed by atoms with E-state index in [2.05, 4.69) is 39.8 Å². The quantitative estimate of drug-likeness (QED) is 0.143. The molecule has 0 spiro atoms. The van der Waals surface area contributed by atoms with Crippen molar-refractivity contribution in [3.05, 3.63) is 104 Å². The van der Waals surface area contributed by atoms with Gasteiger partial charge in [0.25, 0.3) is 11.8 Å². The van der Waals surface area contributed by atoms with Crippen molar-refractivity contribution in [2.24, 2.45) is 5.10 Å². The van der Waals surface area contributed by atoms with Crippen molar-refractivity contribution in [1.82, 2.24) is 5.01 Å². The lowest BCUT2D eigenvalue weighted by molar-refractivity contribution is 0.0616. The molecule has 1 aliphatic heterocycles. The van der Waals surface area contributed by atoms with Gasteiger partial charge in [0.05, 0.1) is 27.5 Å². The largest absolute Gasteiger partial charge is 0.490 e. The number of benzene rings is 4. The van der Waals surface area contributed by atoms with E-state index >= 15 is 0 Å². The molecule has 0 fully saturated rings. The van der Waals surface area contributed by atoms with E-state index in [1.54, 1.807) is 18.2 Å². The molecule has 0 saturated heterocycles. The monoisotopic (exact) mass is 590 g/mol. The van der Waals surface area contributed by atoms with Gasteiger partial charge < -0.3 is 9.47 Å². The molecule has 1 aliphatic rings. The number of halogens is 1. The maximum absolute atomic E-state index is 13.1. The Bertz CT molecular complexity index is 1460. The molecule has 4 aromatic carbocycles. The Hall–Kier alpha value is -3.72. The molecule has 5 rings (SSSR count). The summed E-state index contributed by atoms with van der Waals surface area (Å²) in [5, 5.41) is 6.73. The lowest BCUT2D eigenvalue weighted by Gasteiger charge is -2.23. The van der Waals surface area contributed by atoms with Crippen LogP contribution in [0.4, 0.5) is 0 Å². The highest BCUT2D eigenvalue weighted by atomic mass is 127. The van der Waals surface area contributed by atoms with Crippen molar-refractivity contribution in [3.63, 3.8) is 0 Å². The highest BCUT2D eigenvalue weighted by molar-refractivity contribution is 14.1. The summed E-state index contributed by atoms with van der Waals surface area (Å²) in [4.78, 5) is 26.2. The number of rotatable bonds is 7. The van der Waals surface area contributed by atoms with E-state index in [4.69, 9.17) is 9.47 Å². The third kappa shape index (κ3) is 4.58. The van der Waals surface area contributed by atoms with E-state index in [-0.39, 0.29) is 0 Å². The fourth-order valence-corrected chi connectivity index (χ4v) is 4.93. The van der Waals surface area contributed by atoms with Crippen LogP contribution in [0.1, 0.15) is 44.3 Å². The van der Waals surface area contributed by atoms with Gasteiger partial charge in [-0.25, -0.2) is 0 Å². The van der Waals surface area contributed by atoms with Crippen molar-refractivity contribution < 1.29 is 19.1 Å². The normalized spacial score (nSPS) is 13.0. The molecule has 7 heteroatoms. The number of carbonyl (C=O) groups is 2. The summed E-state index contributed by atoms with van der Waals surface area (Å²) in [5.41, 5.74) is 3.86. The summed E-state index contributed by atoms with van der Waals surface area (Å²) in [6.07, 6.45) is 1.50. The van der Waals surface area contributed by atoms with E-state index < -0.39 is 11.8 Å². The zero-order valence-corrected chi connectivity index (χ0v) is 22.0. The first-order chi connectivity index (χ1) is 17.5. The van der Waals surface area contributed by atoms with Crippen LogP contribution in [0.15, 0.2) is 77.9 Å². The van der Waals surface area contributed by atoms with Crippen LogP contribution in [0.3, 0.4) is 0 Å². The highest BCUT2D eigenvalue weighted by Gasteiger charge is 2.32. The molecule has 0 unspecified atom stereocenters. The van der Waals surface area contributed by atoms with Crippen molar-refractivity contribution >= 4 is 51.4 Å². The van der Waals surface area contributed by atoms with Crippen molar-refractivity contribution in [2.75, 3.05) is 6.61 Å². The average Bonchev–Trinajstić information content (AvgIpc) is 2.88. The molecule has 0 atom stereocenters. The Labute approximate surface area is 222 Å². The maximum atomic E-state index is 13.1. The van der Waals surface area contributed by atoms with Gasteiger partial charge in [0.1, 0.15) is 6.61 Å². The molecule has 6 nitrogen and oxygen atoms in total. The summed E-state index contributed by atoms with van der Waals surface area (Å²) in [7, 11) is 0. The Balaban J connectivity index is 1.42. The topological polar surface area (TPSA) is 68.2 Å². The van der Waals surface area contributed by atoms with Gasteiger partial charge in [0.2, 0.25) is 0 Å². The van der Waals surface area contributed by atoms with Gasteiger partial charge in [-0.3, -0.25) is 9.59 Å². The second-order valence-corrected chi connectivity index (χ2v) is 9.58. The third-order valence-electron chi connectivity index (χ3n) is 5.91. The average molecular weight is 590 g/mol. The minimum atomic E-state index is -0.446. The summed E-state index contributed by atoms with van der Waals surface area (Å²) < 4.78 is 12.8. The smallest absolute Gasteiger partial charge is 0.282 e. The van der Waals surface area contributed by atoms with Crippen LogP contribution in [0.5, 0.6) is 11.5 Å². The number of aryl methyl sites for hydroxylation is 1. The Kier molecular flexibility index (Phi) is 6.73. The zero-order chi connectivity index (χ0) is 25.2. The van der Waals surface area contributed by atoms with Crippen molar-refractivity contribution in [2.45, 2.75) is 20.5 Å². The van der Waals surface area contributed by atoms with Crippen molar-refractivity contribution in [3.8, 4) is 11.5 Å².